The molecule has 0 bridgehead atoms. The molecule has 0 aliphatic rings. The van der Waals surface area contributed by atoms with Crippen molar-refractivity contribution in [3.05, 3.63) is 101 Å². The Balaban J connectivity index is 1.91. The summed E-state index contributed by atoms with van der Waals surface area (Å²) in [7, 11) is 0. The second-order valence-electron chi connectivity index (χ2n) is 5.57. The van der Waals surface area contributed by atoms with Crippen LogP contribution in [0.25, 0.3) is 0 Å². The summed E-state index contributed by atoms with van der Waals surface area (Å²) in [4.78, 5) is 16.6. The molecule has 0 aliphatic heterocycles. The van der Waals surface area contributed by atoms with E-state index in [9.17, 15) is 4.79 Å². The number of amides is 1. The molecule has 5 nitrogen and oxygen atoms in total. The molecule has 126 valence electrons. The minimum absolute atomic E-state index is 0.214. The van der Waals surface area contributed by atoms with Gasteiger partial charge in [-0.15, -0.1) is 0 Å². The van der Waals surface area contributed by atoms with Crippen LogP contribution in [0.3, 0.4) is 0 Å². The molecule has 1 amide bonds. The predicted molar refractivity (Wildman–Crippen MR) is 99.7 cm³/mol. The highest BCUT2D eigenvalue weighted by Crippen LogP contribution is 2.11. The highest BCUT2D eigenvalue weighted by molar-refractivity contribution is 6.13. The molecule has 0 atom stereocenters. The molecular formula is C21H16N4O. The third kappa shape index (κ3) is 3.82. The van der Waals surface area contributed by atoms with Gasteiger partial charge in [0.05, 0.1) is 17.0 Å². The Bertz CT molecular complexity index is 948. The fraction of sp³-hybridized carbons (Fsp3) is 0.0476. The Morgan fingerprint density at radius 3 is 2.04 bits per heavy atom. The highest BCUT2D eigenvalue weighted by Gasteiger charge is 2.11. The van der Waals surface area contributed by atoms with Gasteiger partial charge in [0, 0.05) is 11.1 Å². The van der Waals surface area contributed by atoms with Crippen molar-refractivity contribution in [2.75, 3.05) is 0 Å². The first-order valence-corrected chi connectivity index (χ1v) is 8.05. The van der Waals surface area contributed by atoms with Crippen molar-refractivity contribution in [2.24, 2.45) is 5.10 Å². The van der Waals surface area contributed by atoms with E-state index >= 15 is 0 Å². The molecule has 0 radical (unpaired) electrons. The summed E-state index contributed by atoms with van der Waals surface area (Å²) in [5.74, 6) is -0.429. The highest BCUT2D eigenvalue weighted by atomic mass is 16.2. The fourth-order valence-corrected chi connectivity index (χ4v) is 2.46. The average Bonchev–Trinajstić information content (AvgIpc) is 2.69. The van der Waals surface area contributed by atoms with Crippen LogP contribution in [-0.4, -0.2) is 16.6 Å². The number of hydrazone groups is 1. The van der Waals surface area contributed by atoms with Crippen molar-refractivity contribution in [1.29, 1.82) is 5.26 Å². The normalized spacial score (nSPS) is 9.85. The van der Waals surface area contributed by atoms with Crippen molar-refractivity contribution < 1.29 is 4.79 Å². The maximum absolute atomic E-state index is 12.4. The smallest absolute Gasteiger partial charge is 0.266 e. The van der Waals surface area contributed by atoms with Gasteiger partial charge in [-0.05, 0) is 19.1 Å². The van der Waals surface area contributed by atoms with E-state index < -0.39 is 5.91 Å². The lowest BCUT2D eigenvalue weighted by Gasteiger charge is -2.08. The van der Waals surface area contributed by atoms with Crippen molar-refractivity contribution in [1.82, 2.24) is 10.4 Å². The molecule has 1 N–H and O–H groups in total. The van der Waals surface area contributed by atoms with Gasteiger partial charge in [-0.25, -0.2) is 10.4 Å². The molecule has 0 saturated carbocycles. The topological polar surface area (TPSA) is 78.1 Å². The molecule has 0 unspecified atom stereocenters. The van der Waals surface area contributed by atoms with E-state index in [0.717, 1.165) is 11.1 Å². The Labute approximate surface area is 151 Å². The van der Waals surface area contributed by atoms with E-state index in [-0.39, 0.29) is 5.69 Å². The standard InChI is InChI=1S/C21H16N4O/c1-15-18(14-22)12-13-19(23-15)21(26)25-24-20(16-8-4-2-5-9-16)17-10-6-3-7-11-17/h2-13H,1H3,(H,25,26). The molecule has 0 spiro atoms. The number of hydrogen-bond acceptors (Lipinski definition) is 4. The maximum atomic E-state index is 12.4. The van der Waals surface area contributed by atoms with E-state index in [1.807, 2.05) is 66.7 Å². The van der Waals surface area contributed by atoms with E-state index in [1.165, 1.54) is 6.07 Å². The van der Waals surface area contributed by atoms with Gasteiger partial charge in [0.25, 0.3) is 5.91 Å². The molecule has 1 aromatic heterocycles. The summed E-state index contributed by atoms with van der Waals surface area (Å²) >= 11 is 0. The van der Waals surface area contributed by atoms with Gasteiger partial charge in [-0.3, -0.25) is 4.79 Å². The van der Waals surface area contributed by atoms with Gasteiger partial charge in [0.2, 0.25) is 0 Å². The second-order valence-corrected chi connectivity index (χ2v) is 5.57. The van der Waals surface area contributed by atoms with Gasteiger partial charge < -0.3 is 0 Å². The van der Waals surface area contributed by atoms with Crippen molar-refractivity contribution in [3.8, 4) is 6.07 Å². The molecule has 5 heteroatoms. The van der Waals surface area contributed by atoms with Crippen LogP contribution in [0.1, 0.15) is 32.9 Å². The summed E-state index contributed by atoms with van der Waals surface area (Å²) < 4.78 is 0. The number of nitrogens with one attached hydrogen (secondary N) is 1. The largest absolute Gasteiger partial charge is 0.289 e. The van der Waals surface area contributed by atoms with Crippen LogP contribution in [0.2, 0.25) is 0 Å². The first-order valence-electron chi connectivity index (χ1n) is 8.05. The zero-order chi connectivity index (χ0) is 18.4. The van der Waals surface area contributed by atoms with E-state index in [1.54, 1.807) is 13.0 Å². The summed E-state index contributed by atoms with van der Waals surface area (Å²) in [6.07, 6.45) is 0. The third-order valence-corrected chi connectivity index (χ3v) is 3.80. The summed E-state index contributed by atoms with van der Waals surface area (Å²) in [5.41, 5.74) is 6.17. The Morgan fingerprint density at radius 1 is 0.962 bits per heavy atom. The van der Waals surface area contributed by atoms with Crippen molar-refractivity contribution in [2.45, 2.75) is 6.92 Å². The first kappa shape index (κ1) is 17.1. The minimum Gasteiger partial charge on any atom is -0.266 e. The summed E-state index contributed by atoms with van der Waals surface area (Å²) in [6.45, 7) is 1.69. The lowest BCUT2D eigenvalue weighted by molar-refractivity contribution is 0.0949. The van der Waals surface area contributed by atoms with Crippen LogP contribution >= 0.6 is 0 Å². The van der Waals surface area contributed by atoms with Gasteiger partial charge in [-0.1, -0.05) is 60.7 Å². The Hall–Kier alpha value is -3.78. The van der Waals surface area contributed by atoms with Crippen LogP contribution in [-0.2, 0) is 0 Å². The predicted octanol–water partition coefficient (Wildman–Crippen LogP) is 3.44. The van der Waals surface area contributed by atoms with Gasteiger partial charge in [0.15, 0.2) is 0 Å². The monoisotopic (exact) mass is 340 g/mol. The third-order valence-electron chi connectivity index (χ3n) is 3.80. The number of pyridine rings is 1. The quantitative estimate of drug-likeness (QED) is 0.584. The Morgan fingerprint density at radius 2 is 1.54 bits per heavy atom. The molecule has 26 heavy (non-hydrogen) atoms. The van der Waals surface area contributed by atoms with Gasteiger partial charge in [-0.2, -0.15) is 10.4 Å². The fourth-order valence-electron chi connectivity index (χ4n) is 2.46. The number of hydrogen-bond donors (Lipinski definition) is 1. The van der Waals surface area contributed by atoms with Gasteiger partial charge >= 0.3 is 0 Å². The zero-order valence-electron chi connectivity index (χ0n) is 14.2. The number of nitrogens with zero attached hydrogens (tertiary/aromatic N) is 3. The molecule has 0 saturated heterocycles. The number of benzene rings is 2. The second kappa shape index (κ2) is 7.86. The first-order chi connectivity index (χ1) is 12.7. The van der Waals surface area contributed by atoms with E-state index in [4.69, 9.17) is 5.26 Å². The lowest BCUT2D eigenvalue weighted by Crippen LogP contribution is -2.22. The number of aryl methyl sites for hydroxylation is 1. The number of nitriles is 1. The molecular weight excluding hydrogens is 324 g/mol. The molecule has 3 aromatic rings. The van der Waals surface area contributed by atoms with Crippen molar-refractivity contribution in [3.63, 3.8) is 0 Å². The summed E-state index contributed by atoms with van der Waals surface area (Å²) in [5, 5.41) is 13.3. The minimum atomic E-state index is -0.429. The molecule has 0 fully saturated rings. The molecule has 2 aromatic carbocycles. The summed E-state index contributed by atoms with van der Waals surface area (Å²) in [6, 6.07) is 24.4. The van der Waals surface area contributed by atoms with Crippen LogP contribution in [0.5, 0.6) is 0 Å². The molecule has 3 rings (SSSR count). The number of aromatic nitrogens is 1. The molecule has 0 aliphatic carbocycles. The van der Waals surface area contributed by atoms with E-state index in [0.29, 0.717) is 17.0 Å². The van der Waals surface area contributed by atoms with Gasteiger partial charge in [0.1, 0.15) is 11.8 Å². The Kier molecular flexibility index (Phi) is 5.16. The van der Waals surface area contributed by atoms with Crippen LogP contribution in [0.4, 0.5) is 0 Å². The van der Waals surface area contributed by atoms with Crippen molar-refractivity contribution >= 4 is 11.6 Å². The van der Waals surface area contributed by atoms with E-state index in [2.05, 4.69) is 15.5 Å². The molecule has 1 heterocycles. The lowest BCUT2D eigenvalue weighted by atomic mass is 10.0. The average molecular weight is 340 g/mol. The number of carbonyl (C=O) groups is 1. The van der Waals surface area contributed by atoms with Crippen LogP contribution < -0.4 is 5.43 Å². The zero-order valence-corrected chi connectivity index (χ0v) is 14.2. The number of rotatable bonds is 4. The SMILES string of the molecule is Cc1nc(C(=O)NN=C(c2ccccc2)c2ccccc2)ccc1C#N. The number of carbonyl (C=O) groups excluding carboxylic acids is 1. The maximum Gasteiger partial charge on any atom is 0.289 e. The van der Waals surface area contributed by atoms with Crippen LogP contribution in [0, 0.1) is 18.3 Å². The van der Waals surface area contributed by atoms with Crippen LogP contribution in [0.15, 0.2) is 77.9 Å².